The molecule has 0 aliphatic rings. The molecule has 1 heterocycles. The van der Waals surface area contributed by atoms with Crippen LogP contribution in [0.25, 0.3) is 0 Å². The third-order valence-electron chi connectivity index (χ3n) is 2.95. The number of anilines is 1. The molecule has 9 heteroatoms. The van der Waals surface area contributed by atoms with E-state index in [1.165, 1.54) is 12.3 Å². The lowest BCUT2D eigenvalue weighted by Gasteiger charge is -2.23. The third kappa shape index (κ3) is 4.40. The first-order chi connectivity index (χ1) is 10.8. The van der Waals surface area contributed by atoms with Gasteiger partial charge in [-0.25, -0.2) is 8.42 Å². The molecule has 0 atom stereocenters. The zero-order valence-electron chi connectivity index (χ0n) is 12.1. The molecule has 1 N–H and O–H groups in total. The highest BCUT2D eigenvalue weighted by molar-refractivity contribution is 7.92. The summed E-state index contributed by atoms with van der Waals surface area (Å²) in [7, 11) is -3.59. The predicted molar refractivity (Wildman–Crippen MR) is 89.7 cm³/mol. The van der Waals surface area contributed by atoms with E-state index in [0.717, 1.165) is 10.6 Å². The van der Waals surface area contributed by atoms with E-state index in [2.05, 4.69) is 5.32 Å². The summed E-state index contributed by atoms with van der Waals surface area (Å²) in [6, 6.07) is 7.81. The highest BCUT2D eigenvalue weighted by Crippen LogP contribution is 2.33. The highest BCUT2D eigenvalue weighted by atomic mass is 35.5. The van der Waals surface area contributed by atoms with Gasteiger partial charge in [-0.1, -0.05) is 29.3 Å². The number of hydrogen-bond acceptors (Lipinski definition) is 4. The summed E-state index contributed by atoms with van der Waals surface area (Å²) in [6.45, 7) is 0.0841. The van der Waals surface area contributed by atoms with Gasteiger partial charge >= 0.3 is 0 Å². The summed E-state index contributed by atoms with van der Waals surface area (Å²) in [5.41, 5.74) is 0.258. The van der Waals surface area contributed by atoms with Gasteiger partial charge in [0.05, 0.1) is 34.8 Å². The van der Waals surface area contributed by atoms with E-state index in [1.807, 2.05) is 0 Å². The molecule has 2 aromatic rings. The first-order valence-corrected chi connectivity index (χ1v) is 9.14. The molecule has 0 spiro atoms. The molecule has 0 saturated heterocycles. The fraction of sp³-hybridized carbons (Fsp3) is 0.214. The van der Waals surface area contributed by atoms with Gasteiger partial charge in [-0.3, -0.25) is 9.10 Å². The maximum Gasteiger partial charge on any atom is 0.287 e. The van der Waals surface area contributed by atoms with Crippen molar-refractivity contribution in [2.45, 2.75) is 0 Å². The topological polar surface area (TPSA) is 79.6 Å². The fourth-order valence-corrected chi connectivity index (χ4v) is 3.30. The molecule has 0 aliphatic heterocycles. The summed E-state index contributed by atoms with van der Waals surface area (Å²) >= 11 is 12.0. The minimum absolute atomic E-state index is 0.00530. The minimum Gasteiger partial charge on any atom is -0.459 e. The van der Waals surface area contributed by atoms with Crippen LogP contribution in [0.3, 0.4) is 0 Å². The lowest BCUT2D eigenvalue weighted by atomic mass is 10.3. The van der Waals surface area contributed by atoms with Crippen molar-refractivity contribution < 1.29 is 17.6 Å². The fourth-order valence-electron chi connectivity index (χ4n) is 1.92. The van der Waals surface area contributed by atoms with Crippen molar-refractivity contribution in [2.24, 2.45) is 0 Å². The molecule has 0 aliphatic carbocycles. The molecule has 1 amide bonds. The van der Waals surface area contributed by atoms with Crippen LogP contribution in [0.5, 0.6) is 0 Å². The molecule has 0 bridgehead atoms. The van der Waals surface area contributed by atoms with E-state index in [4.69, 9.17) is 27.6 Å². The van der Waals surface area contributed by atoms with Crippen LogP contribution in [-0.4, -0.2) is 33.7 Å². The normalized spacial score (nSPS) is 11.3. The first-order valence-electron chi connectivity index (χ1n) is 6.54. The molecule has 23 heavy (non-hydrogen) atoms. The molecule has 124 valence electrons. The van der Waals surface area contributed by atoms with Gasteiger partial charge in [-0.05, 0) is 24.3 Å². The van der Waals surface area contributed by atoms with Crippen molar-refractivity contribution in [3.63, 3.8) is 0 Å². The predicted octanol–water partition coefficient (Wildman–Crippen LogP) is 2.78. The Balaban J connectivity index is 2.12. The molecule has 6 nitrogen and oxygen atoms in total. The van der Waals surface area contributed by atoms with Crippen LogP contribution in [0, 0.1) is 0 Å². The van der Waals surface area contributed by atoms with Gasteiger partial charge in [0.1, 0.15) is 0 Å². The molecule has 0 radical (unpaired) electrons. The second-order valence-corrected chi connectivity index (χ2v) is 7.33. The van der Waals surface area contributed by atoms with Gasteiger partial charge in [-0.15, -0.1) is 0 Å². The van der Waals surface area contributed by atoms with Crippen LogP contribution in [0.4, 0.5) is 5.69 Å². The third-order valence-corrected chi connectivity index (χ3v) is 4.93. The number of halogens is 2. The number of carbonyl (C=O) groups is 1. The number of carbonyl (C=O) groups excluding carboxylic acids is 1. The summed E-state index contributed by atoms with van der Waals surface area (Å²) in [4.78, 5) is 11.8. The van der Waals surface area contributed by atoms with Crippen LogP contribution in [0.15, 0.2) is 41.0 Å². The quantitative estimate of drug-likeness (QED) is 0.840. The largest absolute Gasteiger partial charge is 0.459 e. The van der Waals surface area contributed by atoms with Crippen molar-refractivity contribution in [1.82, 2.24) is 5.32 Å². The van der Waals surface area contributed by atoms with Crippen molar-refractivity contribution >= 4 is 44.8 Å². The van der Waals surface area contributed by atoms with E-state index < -0.39 is 15.9 Å². The van der Waals surface area contributed by atoms with Crippen molar-refractivity contribution in [3.8, 4) is 0 Å². The Morgan fingerprint density at radius 2 is 2.00 bits per heavy atom. The van der Waals surface area contributed by atoms with Crippen LogP contribution in [-0.2, 0) is 10.0 Å². The Kier molecular flexibility index (Phi) is 5.56. The standard InChI is InChI=1S/C14H14Cl2N2O4S/c1-23(20,21)18(11-5-2-4-10(15)13(11)16)8-7-17-14(19)12-6-3-9-22-12/h2-6,9H,7-8H2,1H3,(H,17,19). The molecule has 0 saturated carbocycles. The van der Waals surface area contributed by atoms with Crippen molar-refractivity contribution in [1.29, 1.82) is 0 Å². The second kappa shape index (κ2) is 7.25. The summed E-state index contributed by atoms with van der Waals surface area (Å²) in [6.07, 6.45) is 2.43. The van der Waals surface area contributed by atoms with E-state index in [-0.39, 0.29) is 34.6 Å². The van der Waals surface area contributed by atoms with Crippen molar-refractivity contribution in [3.05, 3.63) is 52.4 Å². The van der Waals surface area contributed by atoms with Crippen molar-refractivity contribution in [2.75, 3.05) is 23.7 Å². The maximum absolute atomic E-state index is 12.0. The van der Waals surface area contributed by atoms with E-state index >= 15 is 0 Å². The summed E-state index contributed by atoms with van der Waals surface area (Å²) < 4.78 is 30.0. The number of rotatable bonds is 6. The van der Waals surface area contributed by atoms with Gasteiger partial charge < -0.3 is 9.73 Å². The highest BCUT2D eigenvalue weighted by Gasteiger charge is 2.21. The lowest BCUT2D eigenvalue weighted by molar-refractivity contribution is 0.0927. The molecule has 2 rings (SSSR count). The molecular weight excluding hydrogens is 363 g/mol. The summed E-state index contributed by atoms with van der Waals surface area (Å²) in [5.74, 6) is -0.280. The zero-order chi connectivity index (χ0) is 17.0. The first kappa shape index (κ1) is 17.7. The number of sulfonamides is 1. The number of amides is 1. The van der Waals surface area contributed by atoms with Gasteiger partial charge in [-0.2, -0.15) is 0 Å². The van der Waals surface area contributed by atoms with Gasteiger partial charge in [0.25, 0.3) is 5.91 Å². The Morgan fingerprint density at radius 1 is 1.26 bits per heavy atom. The Bertz CT molecular complexity index is 791. The van der Waals surface area contributed by atoms with Crippen LogP contribution in [0.1, 0.15) is 10.6 Å². The number of benzene rings is 1. The Hall–Kier alpha value is -1.70. The molecular formula is C14H14Cl2N2O4S. The minimum atomic E-state index is -3.59. The SMILES string of the molecule is CS(=O)(=O)N(CCNC(=O)c1ccco1)c1cccc(Cl)c1Cl. The van der Waals surface area contributed by atoms with E-state index in [9.17, 15) is 13.2 Å². The van der Waals surface area contributed by atoms with Gasteiger partial charge in [0, 0.05) is 6.54 Å². The number of nitrogens with zero attached hydrogens (tertiary/aromatic N) is 1. The smallest absolute Gasteiger partial charge is 0.287 e. The monoisotopic (exact) mass is 376 g/mol. The zero-order valence-corrected chi connectivity index (χ0v) is 14.5. The molecule has 0 unspecified atom stereocenters. The van der Waals surface area contributed by atoms with E-state index in [0.29, 0.717) is 0 Å². The van der Waals surface area contributed by atoms with Crippen LogP contribution in [0.2, 0.25) is 10.0 Å². The molecule has 1 aromatic carbocycles. The van der Waals surface area contributed by atoms with Gasteiger partial charge in [0.2, 0.25) is 10.0 Å². The second-order valence-electron chi connectivity index (χ2n) is 4.64. The van der Waals surface area contributed by atoms with E-state index in [1.54, 1.807) is 24.3 Å². The lowest BCUT2D eigenvalue weighted by Crippen LogP contribution is -2.38. The maximum atomic E-state index is 12.0. The Labute approximate surface area is 144 Å². The van der Waals surface area contributed by atoms with Crippen LogP contribution < -0.4 is 9.62 Å². The number of nitrogens with one attached hydrogen (secondary N) is 1. The average Bonchev–Trinajstić information content (AvgIpc) is 3.00. The molecule has 0 fully saturated rings. The molecule has 1 aromatic heterocycles. The van der Waals surface area contributed by atoms with Crippen LogP contribution >= 0.6 is 23.2 Å². The number of furan rings is 1. The van der Waals surface area contributed by atoms with Gasteiger partial charge in [0.15, 0.2) is 5.76 Å². The number of hydrogen-bond donors (Lipinski definition) is 1. The average molecular weight is 377 g/mol. The Morgan fingerprint density at radius 3 is 2.61 bits per heavy atom. The summed E-state index contributed by atoms with van der Waals surface area (Å²) in [5, 5.41) is 2.96.